The number of carbonyl (C=O) groups is 2. The molecule has 0 radical (unpaired) electrons. The molecule has 5 heteroatoms. The monoisotopic (exact) mass is 271 g/mol. The molecule has 5 nitrogen and oxygen atoms in total. The third-order valence-electron chi connectivity index (χ3n) is 4.60. The van der Waals surface area contributed by atoms with E-state index in [4.69, 9.17) is 4.74 Å². The summed E-state index contributed by atoms with van der Waals surface area (Å²) in [6, 6.07) is 0. The van der Waals surface area contributed by atoms with Gasteiger partial charge in [-0.1, -0.05) is 13.8 Å². The molecule has 0 aromatic carbocycles. The maximum Gasteiger partial charge on any atom is 0.310 e. The van der Waals surface area contributed by atoms with Crippen LogP contribution in [-0.4, -0.2) is 35.2 Å². The van der Waals surface area contributed by atoms with Gasteiger partial charge in [-0.05, 0) is 33.1 Å². The smallest absolute Gasteiger partial charge is 0.310 e. The standard InChI is InChI=1S/C14H25NO4/c1-9(2)13(4,12(17)18)8-11(16)15-14(5)6-7-19-10(14)3/h9-10H,6-8H2,1-5H3,(H,15,16)(H,17,18). The number of ether oxygens (including phenoxy) is 1. The maximum atomic E-state index is 12.1. The van der Waals surface area contributed by atoms with Crippen molar-refractivity contribution in [3.05, 3.63) is 0 Å². The van der Waals surface area contributed by atoms with E-state index in [1.165, 1.54) is 0 Å². The topological polar surface area (TPSA) is 75.6 Å². The summed E-state index contributed by atoms with van der Waals surface area (Å²) >= 11 is 0. The summed E-state index contributed by atoms with van der Waals surface area (Å²) in [5.41, 5.74) is -1.43. The van der Waals surface area contributed by atoms with Gasteiger partial charge in [0.15, 0.2) is 0 Å². The summed E-state index contributed by atoms with van der Waals surface area (Å²) in [6.45, 7) is 9.76. The van der Waals surface area contributed by atoms with E-state index in [0.29, 0.717) is 6.61 Å². The van der Waals surface area contributed by atoms with Crippen molar-refractivity contribution in [3.8, 4) is 0 Å². The van der Waals surface area contributed by atoms with Crippen LogP contribution in [0.3, 0.4) is 0 Å². The van der Waals surface area contributed by atoms with E-state index in [2.05, 4.69) is 5.32 Å². The van der Waals surface area contributed by atoms with E-state index in [0.717, 1.165) is 6.42 Å². The minimum atomic E-state index is -1.04. The molecule has 0 aromatic heterocycles. The average molecular weight is 271 g/mol. The fourth-order valence-electron chi connectivity index (χ4n) is 2.22. The van der Waals surface area contributed by atoms with E-state index in [1.807, 2.05) is 27.7 Å². The Balaban J connectivity index is 2.72. The number of hydrogen-bond donors (Lipinski definition) is 2. The highest BCUT2D eigenvalue weighted by Crippen LogP contribution is 2.32. The first-order chi connectivity index (χ1) is 8.62. The second kappa shape index (κ2) is 5.49. The normalized spacial score (nSPS) is 30.1. The molecule has 3 atom stereocenters. The lowest BCUT2D eigenvalue weighted by Crippen LogP contribution is -2.52. The Bertz CT molecular complexity index is 368. The van der Waals surface area contributed by atoms with Crippen molar-refractivity contribution in [3.63, 3.8) is 0 Å². The van der Waals surface area contributed by atoms with Gasteiger partial charge in [-0.15, -0.1) is 0 Å². The first-order valence-corrected chi connectivity index (χ1v) is 6.78. The summed E-state index contributed by atoms with van der Waals surface area (Å²) in [5.74, 6) is -1.27. The Morgan fingerprint density at radius 2 is 2.11 bits per heavy atom. The minimum Gasteiger partial charge on any atom is -0.481 e. The van der Waals surface area contributed by atoms with E-state index >= 15 is 0 Å². The largest absolute Gasteiger partial charge is 0.481 e. The molecule has 1 aliphatic rings. The van der Waals surface area contributed by atoms with Gasteiger partial charge in [-0.2, -0.15) is 0 Å². The van der Waals surface area contributed by atoms with Gasteiger partial charge >= 0.3 is 5.97 Å². The molecule has 1 aliphatic heterocycles. The Morgan fingerprint density at radius 1 is 1.53 bits per heavy atom. The van der Waals surface area contributed by atoms with Gasteiger partial charge in [0.05, 0.1) is 17.1 Å². The van der Waals surface area contributed by atoms with Crippen LogP contribution in [0.1, 0.15) is 47.5 Å². The summed E-state index contributed by atoms with van der Waals surface area (Å²) < 4.78 is 5.46. The Kier molecular flexibility index (Phi) is 4.61. The highest BCUT2D eigenvalue weighted by Gasteiger charge is 2.42. The predicted molar refractivity (Wildman–Crippen MR) is 71.8 cm³/mol. The molecule has 3 unspecified atom stereocenters. The van der Waals surface area contributed by atoms with Crippen LogP contribution in [0.4, 0.5) is 0 Å². The van der Waals surface area contributed by atoms with Crippen LogP contribution in [0, 0.1) is 11.3 Å². The molecule has 110 valence electrons. The molecule has 1 saturated heterocycles. The van der Waals surface area contributed by atoms with Crippen LogP contribution in [0.25, 0.3) is 0 Å². The molecule has 0 spiro atoms. The van der Waals surface area contributed by atoms with E-state index in [9.17, 15) is 14.7 Å². The van der Waals surface area contributed by atoms with Gasteiger partial charge in [-0.25, -0.2) is 0 Å². The summed E-state index contributed by atoms with van der Waals surface area (Å²) in [7, 11) is 0. The van der Waals surface area contributed by atoms with Gasteiger partial charge in [0.1, 0.15) is 0 Å². The predicted octanol–water partition coefficient (Wildman–Crippen LogP) is 1.81. The van der Waals surface area contributed by atoms with E-state index in [1.54, 1.807) is 6.92 Å². The average Bonchev–Trinajstić information content (AvgIpc) is 2.57. The molecule has 0 aliphatic carbocycles. The van der Waals surface area contributed by atoms with Crippen LogP contribution in [0.5, 0.6) is 0 Å². The Labute approximate surface area is 114 Å². The second-order valence-corrected chi connectivity index (χ2v) is 6.28. The fraction of sp³-hybridized carbons (Fsp3) is 0.857. The molecule has 2 N–H and O–H groups in total. The zero-order valence-corrected chi connectivity index (χ0v) is 12.4. The maximum absolute atomic E-state index is 12.1. The molecule has 19 heavy (non-hydrogen) atoms. The number of carbonyl (C=O) groups excluding carboxylic acids is 1. The van der Waals surface area contributed by atoms with Crippen LogP contribution in [0.2, 0.25) is 0 Å². The van der Waals surface area contributed by atoms with E-state index < -0.39 is 16.9 Å². The zero-order valence-electron chi connectivity index (χ0n) is 12.4. The van der Waals surface area contributed by atoms with Crippen LogP contribution < -0.4 is 5.32 Å². The number of aliphatic carboxylic acids is 1. The second-order valence-electron chi connectivity index (χ2n) is 6.28. The van der Waals surface area contributed by atoms with Gasteiger partial charge in [0.25, 0.3) is 0 Å². The first-order valence-electron chi connectivity index (χ1n) is 6.78. The van der Waals surface area contributed by atoms with Gasteiger partial charge < -0.3 is 15.2 Å². The third kappa shape index (κ3) is 3.26. The van der Waals surface area contributed by atoms with Crippen LogP contribution >= 0.6 is 0 Å². The van der Waals surface area contributed by atoms with Crippen molar-refractivity contribution < 1.29 is 19.4 Å². The summed E-state index contributed by atoms with van der Waals surface area (Å²) in [6.07, 6.45) is 0.694. The number of nitrogens with one attached hydrogen (secondary N) is 1. The first kappa shape index (κ1) is 16.0. The molecule has 1 fully saturated rings. The molecule has 1 amide bonds. The van der Waals surface area contributed by atoms with E-state index in [-0.39, 0.29) is 24.3 Å². The SMILES string of the molecule is CC1OCCC1(C)NC(=O)CC(C)(C(=O)O)C(C)C. The van der Waals surface area contributed by atoms with Gasteiger partial charge in [0, 0.05) is 13.0 Å². The van der Waals surface area contributed by atoms with Crippen molar-refractivity contribution in [2.75, 3.05) is 6.61 Å². The lowest BCUT2D eigenvalue weighted by atomic mass is 9.76. The highest BCUT2D eigenvalue weighted by molar-refractivity contribution is 5.85. The molecule has 1 heterocycles. The zero-order chi connectivity index (χ0) is 14.8. The molecule has 1 rings (SSSR count). The lowest BCUT2D eigenvalue weighted by Gasteiger charge is -2.33. The van der Waals surface area contributed by atoms with Crippen LogP contribution in [0.15, 0.2) is 0 Å². The Hall–Kier alpha value is -1.10. The number of carboxylic acids is 1. The highest BCUT2D eigenvalue weighted by atomic mass is 16.5. The fourth-order valence-corrected chi connectivity index (χ4v) is 2.22. The molecule has 0 bridgehead atoms. The number of carboxylic acid groups (broad SMARTS) is 1. The molecule has 0 aromatic rings. The molecular weight excluding hydrogens is 246 g/mol. The summed E-state index contributed by atoms with van der Waals surface area (Å²) in [5, 5.41) is 12.3. The van der Waals surface area contributed by atoms with Crippen molar-refractivity contribution in [1.29, 1.82) is 0 Å². The third-order valence-corrected chi connectivity index (χ3v) is 4.60. The lowest BCUT2D eigenvalue weighted by molar-refractivity contribution is -0.154. The number of rotatable bonds is 5. The van der Waals surface area contributed by atoms with Gasteiger partial charge in [0.2, 0.25) is 5.91 Å². The number of hydrogen-bond acceptors (Lipinski definition) is 3. The number of amides is 1. The minimum absolute atomic E-state index is 0.0116. The van der Waals surface area contributed by atoms with Crippen LogP contribution in [-0.2, 0) is 14.3 Å². The van der Waals surface area contributed by atoms with Crippen molar-refractivity contribution >= 4 is 11.9 Å². The molecular formula is C14H25NO4. The van der Waals surface area contributed by atoms with Gasteiger partial charge in [-0.3, -0.25) is 9.59 Å². The quantitative estimate of drug-likeness (QED) is 0.799. The van der Waals surface area contributed by atoms with Crippen molar-refractivity contribution in [2.45, 2.75) is 59.1 Å². The Morgan fingerprint density at radius 3 is 2.47 bits per heavy atom. The van der Waals surface area contributed by atoms with Crippen molar-refractivity contribution in [2.24, 2.45) is 11.3 Å². The molecule has 0 saturated carbocycles. The van der Waals surface area contributed by atoms with Crippen molar-refractivity contribution in [1.82, 2.24) is 5.32 Å². The summed E-state index contributed by atoms with van der Waals surface area (Å²) in [4.78, 5) is 23.5.